The number of aliphatic carboxylic acids is 1. The van der Waals surface area contributed by atoms with Crippen molar-refractivity contribution in [3.63, 3.8) is 0 Å². The highest BCUT2D eigenvalue weighted by Gasteiger charge is 2.35. The Morgan fingerprint density at radius 3 is 2.65 bits per heavy atom. The predicted molar refractivity (Wildman–Crippen MR) is 62.6 cm³/mol. The summed E-state index contributed by atoms with van der Waals surface area (Å²) in [4.78, 5) is 22.5. The van der Waals surface area contributed by atoms with Crippen LogP contribution in [-0.2, 0) is 14.3 Å². The summed E-state index contributed by atoms with van der Waals surface area (Å²) < 4.78 is 5.53. The number of amides is 1. The molecule has 0 aromatic rings. The van der Waals surface area contributed by atoms with Gasteiger partial charge in [-0.25, -0.2) is 0 Å². The monoisotopic (exact) mass is 243 g/mol. The van der Waals surface area contributed by atoms with Crippen LogP contribution < -0.4 is 5.32 Å². The van der Waals surface area contributed by atoms with Crippen molar-refractivity contribution in [3.8, 4) is 0 Å². The fourth-order valence-corrected chi connectivity index (χ4v) is 1.70. The van der Waals surface area contributed by atoms with Crippen molar-refractivity contribution in [1.82, 2.24) is 5.32 Å². The maximum absolute atomic E-state index is 11.6. The largest absolute Gasteiger partial charge is 0.480 e. The standard InChI is InChI=1S/C12H21NO4/c1-12(2,11(15)16)10(14)13-7-6-9-5-3-4-8-17-9/h9H,3-8H2,1-2H3,(H,13,14)(H,15,16). The average Bonchev–Trinajstić information content (AvgIpc) is 2.30. The van der Waals surface area contributed by atoms with Crippen LogP contribution in [0.5, 0.6) is 0 Å². The van der Waals surface area contributed by atoms with E-state index in [0.29, 0.717) is 6.54 Å². The highest BCUT2D eigenvalue weighted by molar-refractivity contribution is 6.00. The molecule has 5 heteroatoms. The van der Waals surface area contributed by atoms with Crippen molar-refractivity contribution in [2.45, 2.75) is 45.6 Å². The second-order valence-corrected chi connectivity index (χ2v) is 4.96. The second-order valence-electron chi connectivity index (χ2n) is 4.96. The number of nitrogens with one attached hydrogen (secondary N) is 1. The summed E-state index contributed by atoms with van der Waals surface area (Å²) >= 11 is 0. The summed E-state index contributed by atoms with van der Waals surface area (Å²) in [5, 5.41) is 11.5. The highest BCUT2D eigenvalue weighted by atomic mass is 16.5. The number of carbonyl (C=O) groups is 2. The van der Waals surface area contributed by atoms with E-state index in [2.05, 4.69) is 5.32 Å². The number of carboxylic acids is 1. The van der Waals surface area contributed by atoms with Crippen molar-refractivity contribution in [2.75, 3.05) is 13.2 Å². The fraction of sp³-hybridized carbons (Fsp3) is 0.833. The Balaban J connectivity index is 2.26. The molecule has 1 amide bonds. The summed E-state index contributed by atoms with van der Waals surface area (Å²) in [6.07, 6.45) is 4.25. The van der Waals surface area contributed by atoms with Crippen LogP contribution in [0, 0.1) is 5.41 Å². The lowest BCUT2D eigenvalue weighted by Crippen LogP contribution is -2.43. The van der Waals surface area contributed by atoms with Crippen molar-refractivity contribution >= 4 is 11.9 Å². The minimum atomic E-state index is -1.37. The Morgan fingerprint density at radius 1 is 1.41 bits per heavy atom. The van der Waals surface area contributed by atoms with E-state index in [1.807, 2.05) is 0 Å². The first-order valence-electron chi connectivity index (χ1n) is 6.08. The van der Waals surface area contributed by atoms with E-state index in [9.17, 15) is 9.59 Å². The summed E-state index contributed by atoms with van der Waals surface area (Å²) in [6.45, 7) is 4.07. The van der Waals surface area contributed by atoms with Crippen molar-refractivity contribution in [2.24, 2.45) is 5.41 Å². The van der Waals surface area contributed by atoms with Crippen LogP contribution in [0.4, 0.5) is 0 Å². The topological polar surface area (TPSA) is 75.6 Å². The normalized spacial score (nSPS) is 20.9. The van der Waals surface area contributed by atoms with Gasteiger partial charge in [0.2, 0.25) is 5.91 Å². The molecule has 17 heavy (non-hydrogen) atoms. The molecule has 0 radical (unpaired) electrons. The summed E-state index contributed by atoms with van der Waals surface area (Å²) in [6, 6.07) is 0. The second kappa shape index (κ2) is 6.00. The van der Waals surface area contributed by atoms with Gasteiger partial charge in [-0.3, -0.25) is 9.59 Å². The van der Waals surface area contributed by atoms with Crippen LogP contribution >= 0.6 is 0 Å². The number of rotatable bonds is 5. The van der Waals surface area contributed by atoms with Gasteiger partial charge >= 0.3 is 5.97 Å². The third-order valence-corrected chi connectivity index (χ3v) is 3.13. The van der Waals surface area contributed by atoms with Gasteiger partial charge in [0.15, 0.2) is 0 Å². The quantitative estimate of drug-likeness (QED) is 0.711. The Kier molecular flexibility index (Phi) is 4.93. The summed E-state index contributed by atoms with van der Waals surface area (Å²) in [7, 11) is 0. The fourth-order valence-electron chi connectivity index (χ4n) is 1.70. The van der Waals surface area contributed by atoms with E-state index >= 15 is 0 Å². The zero-order valence-electron chi connectivity index (χ0n) is 10.5. The van der Waals surface area contributed by atoms with E-state index in [1.165, 1.54) is 20.3 Å². The molecule has 2 N–H and O–H groups in total. The van der Waals surface area contributed by atoms with Gasteiger partial charge in [0.1, 0.15) is 5.41 Å². The molecule has 0 bridgehead atoms. The average molecular weight is 243 g/mol. The molecule has 1 unspecified atom stereocenters. The Hall–Kier alpha value is -1.10. The number of carbonyl (C=O) groups excluding carboxylic acids is 1. The molecular weight excluding hydrogens is 222 g/mol. The van der Waals surface area contributed by atoms with E-state index in [-0.39, 0.29) is 6.10 Å². The van der Waals surface area contributed by atoms with Crippen LogP contribution in [0.15, 0.2) is 0 Å². The maximum Gasteiger partial charge on any atom is 0.318 e. The Bertz CT molecular complexity index is 282. The van der Waals surface area contributed by atoms with E-state index in [0.717, 1.165) is 25.9 Å². The van der Waals surface area contributed by atoms with E-state index in [1.54, 1.807) is 0 Å². The van der Waals surface area contributed by atoms with Gasteiger partial charge in [0.25, 0.3) is 0 Å². The minimum Gasteiger partial charge on any atom is -0.480 e. The van der Waals surface area contributed by atoms with Crippen molar-refractivity contribution in [1.29, 1.82) is 0 Å². The van der Waals surface area contributed by atoms with Crippen molar-refractivity contribution < 1.29 is 19.4 Å². The van der Waals surface area contributed by atoms with Crippen LogP contribution in [0.3, 0.4) is 0 Å². The Labute approximate surface area is 102 Å². The van der Waals surface area contributed by atoms with Gasteiger partial charge in [-0.2, -0.15) is 0 Å². The van der Waals surface area contributed by atoms with E-state index in [4.69, 9.17) is 9.84 Å². The molecule has 0 saturated carbocycles. The van der Waals surface area contributed by atoms with Gasteiger partial charge in [0.05, 0.1) is 6.10 Å². The first-order valence-corrected chi connectivity index (χ1v) is 6.08. The molecule has 0 spiro atoms. The lowest BCUT2D eigenvalue weighted by molar-refractivity contribution is -0.153. The number of ether oxygens (including phenoxy) is 1. The van der Waals surface area contributed by atoms with Crippen LogP contribution in [0.2, 0.25) is 0 Å². The van der Waals surface area contributed by atoms with Gasteiger partial charge in [0, 0.05) is 13.2 Å². The van der Waals surface area contributed by atoms with Crippen LogP contribution in [-0.4, -0.2) is 36.2 Å². The summed E-state index contributed by atoms with van der Waals surface area (Å²) in [5.41, 5.74) is -1.37. The lowest BCUT2D eigenvalue weighted by atomic mass is 9.92. The SMILES string of the molecule is CC(C)(C(=O)O)C(=O)NCCC1CCCCO1. The maximum atomic E-state index is 11.6. The molecule has 98 valence electrons. The van der Waals surface area contributed by atoms with E-state index < -0.39 is 17.3 Å². The van der Waals surface area contributed by atoms with Gasteiger partial charge in [-0.1, -0.05) is 0 Å². The molecule has 0 aromatic heterocycles. The minimum absolute atomic E-state index is 0.206. The molecule has 1 aliphatic heterocycles. The molecule has 0 aromatic carbocycles. The number of carboxylic acid groups (broad SMARTS) is 1. The van der Waals surface area contributed by atoms with Crippen LogP contribution in [0.25, 0.3) is 0 Å². The lowest BCUT2D eigenvalue weighted by Gasteiger charge is -2.23. The molecule has 1 saturated heterocycles. The van der Waals surface area contributed by atoms with Crippen LogP contribution in [0.1, 0.15) is 39.5 Å². The third-order valence-electron chi connectivity index (χ3n) is 3.13. The smallest absolute Gasteiger partial charge is 0.318 e. The first-order chi connectivity index (χ1) is 7.94. The zero-order chi connectivity index (χ0) is 12.9. The van der Waals surface area contributed by atoms with Crippen molar-refractivity contribution in [3.05, 3.63) is 0 Å². The molecule has 1 fully saturated rings. The summed E-state index contributed by atoms with van der Waals surface area (Å²) in [5.74, 6) is -1.55. The number of hydrogen-bond acceptors (Lipinski definition) is 3. The Morgan fingerprint density at radius 2 is 2.12 bits per heavy atom. The predicted octanol–water partition coefficient (Wildman–Crippen LogP) is 1.17. The zero-order valence-corrected chi connectivity index (χ0v) is 10.5. The molecule has 1 atom stereocenters. The van der Waals surface area contributed by atoms with Gasteiger partial charge in [-0.15, -0.1) is 0 Å². The molecule has 1 heterocycles. The molecule has 5 nitrogen and oxygen atoms in total. The molecule has 0 aliphatic carbocycles. The molecule has 1 aliphatic rings. The van der Waals surface area contributed by atoms with Gasteiger partial charge in [-0.05, 0) is 39.5 Å². The first kappa shape index (κ1) is 14.0. The highest BCUT2D eigenvalue weighted by Crippen LogP contribution is 2.17. The molecule has 1 rings (SSSR count). The third kappa shape index (κ3) is 4.00. The number of hydrogen-bond donors (Lipinski definition) is 2. The van der Waals surface area contributed by atoms with Gasteiger partial charge < -0.3 is 15.2 Å². The molecular formula is C12H21NO4.